The number of carboxylic acid groups (broad SMARTS) is 1. The van der Waals surface area contributed by atoms with E-state index < -0.39 is 29.9 Å². The molecule has 1 N–H and O–H groups in total. The Morgan fingerprint density at radius 2 is 1.80 bits per heavy atom. The van der Waals surface area contributed by atoms with E-state index in [0.29, 0.717) is 16.3 Å². The van der Waals surface area contributed by atoms with Crippen molar-refractivity contribution < 1.29 is 24.2 Å². The van der Waals surface area contributed by atoms with Crippen molar-refractivity contribution in [2.24, 2.45) is 0 Å². The molecule has 2 aliphatic rings. The van der Waals surface area contributed by atoms with Gasteiger partial charge in [-0.3, -0.25) is 4.79 Å². The number of hydrogen-bond acceptors (Lipinski definition) is 4. The van der Waals surface area contributed by atoms with Gasteiger partial charge in [-0.15, -0.1) is 0 Å². The average Bonchev–Trinajstić information content (AvgIpc) is 2.97. The maximum Gasteiger partial charge on any atom is 0.336 e. The number of carbonyl (C=O) groups excluding carboxylic acids is 1. The first-order chi connectivity index (χ1) is 12.0. The summed E-state index contributed by atoms with van der Waals surface area (Å²) in [5.41, 5.74) is 1.14. The van der Waals surface area contributed by atoms with Crippen LogP contribution in [-0.2, 0) is 24.8 Å². The van der Waals surface area contributed by atoms with Gasteiger partial charge < -0.3 is 19.5 Å². The molecule has 1 amide bonds. The lowest BCUT2D eigenvalue weighted by Crippen LogP contribution is -2.54. The second-order valence-electron chi connectivity index (χ2n) is 5.91. The molecule has 0 aliphatic carbocycles. The van der Waals surface area contributed by atoms with Crippen LogP contribution in [0.1, 0.15) is 5.56 Å². The number of anilines is 1. The first-order valence-corrected chi connectivity index (χ1v) is 8.09. The van der Waals surface area contributed by atoms with E-state index in [1.54, 1.807) is 48.5 Å². The smallest absolute Gasteiger partial charge is 0.336 e. The van der Waals surface area contributed by atoms with E-state index in [1.165, 1.54) is 4.90 Å². The number of carboxylic acids is 1. The lowest BCUT2D eigenvalue weighted by molar-refractivity contribution is -0.193. The van der Waals surface area contributed by atoms with Crippen LogP contribution in [0, 0.1) is 0 Å². The minimum Gasteiger partial charge on any atom is -0.479 e. The zero-order valence-electron chi connectivity index (χ0n) is 13.0. The van der Waals surface area contributed by atoms with Crippen LogP contribution in [0.2, 0.25) is 5.02 Å². The molecule has 3 atom stereocenters. The highest BCUT2D eigenvalue weighted by Crippen LogP contribution is 2.44. The van der Waals surface area contributed by atoms with Crippen LogP contribution in [-0.4, -0.2) is 35.7 Å². The van der Waals surface area contributed by atoms with E-state index in [2.05, 4.69) is 0 Å². The van der Waals surface area contributed by atoms with Gasteiger partial charge in [-0.2, -0.15) is 0 Å². The van der Waals surface area contributed by atoms with E-state index >= 15 is 0 Å². The lowest BCUT2D eigenvalue weighted by atomic mass is 10.0. The molecule has 6 nitrogen and oxygen atoms in total. The molecule has 0 saturated carbocycles. The number of carbonyl (C=O) groups is 2. The van der Waals surface area contributed by atoms with Crippen LogP contribution in [0.15, 0.2) is 54.6 Å². The van der Waals surface area contributed by atoms with E-state index in [1.807, 2.05) is 6.07 Å². The molecule has 2 heterocycles. The Balaban J connectivity index is 1.82. The molecule has 0 spiro atoms. The Bertz CT molecular complexity index is 842. The van der Waals surface area contributed by atoms with Crippen molar-refractivity contribution in [3.05, 3.63) is 65.2 Å². The Morgan fingerprint density at radius 3 is 2.48 bits per heavy atom. The van der Waals surface area contributed by atoms with Crippen molar-refractivity contribution in [3.8, 4) is 0 Å². The highest BCUT2D eigenvalue weighted by atomic mass is 35.5. The number of halogens is 1. The average molecular weight is 360 g/mol. The number of benzene rings is 2. The molecule has 3 unspecified atom stereocenters. The first-order valence-electron chi connectivity index (χ1n) is 7.72. The van der Waals surface area contributed by atoms with Crippen molar-refractivity contribution >= 4 is 29.2 Å². The van der Waals surface area contributed by atoms with E-state index in [9.17, 15) is 14.7 Å². The van der Waals surface area contributed by atoms with Gasteiger partial charge in [0, 0.05) is 5.56 Å². The number of para-hydroxylation sites is 1. The van der Waals surface area contributed by atoms with Gasteiger partial charge in [0.15, 0.2) is 12.2 Å². The Kier molecular flexibility index (Phi) is 3.76. The summed E-state index contributed by atoms with van der Waals surface area (Å²) in [6.07, 6.45) is -2.61. The molecule has 2 aromatic rings. The molecule has 2 aliphatic heterocycles. The molecule has 4 rings (SSSR count). The zero-order valence-corrected chi connectivity index (χ0v) is 13.7. The number of rotatable bonds is 3. The summed E-state index contributed by atoms with van der Waals surface area (Å²) < 4.78 is 11.6. The molecule has 2 saturated heterocycles. The standard InChI is InChI=1S/C18H14ClNO5/c19-12-8-4-5-9-13(12)20-10-18(11-6-2-1-3-7-11)24-14(16(20)21)15(25-18)17(22)23/h1-9,14-15H,10H2,(H,22,23). The van der Waals surface area contributed by atoms with E-state index in [0.717, 1.165) is 0 Å². The second kappa shape index (κ2) is 5.84. The maximum absolute atomic E-state index is 12.8. The van der Waals surface area contributed by atoms with Crippen molar-refractivity contribution in [2.45, 2.75) is 18.0 Å². The van der Waals surface area contributed by atoms with Crippen LogP contribution < -0.4 is 4.90 Å². The van der Waals surface area contributed by atoms with Gasteiger partial charge >= 0.3 is 5.97 Å². The zero-order chi connectivity index (χ0) is 17.6. The van der Waals surface area contributed by atoms with Gasteiger partial charge in [0.2, 0.25) is 5.79 Å². The molecular weight excluding hydrogens is 346 g/mol. The van der Waals surface area contributed by atoms with Gasteiger partial charge in [-0.25, -0.2) is 4.79 Å². The van der Waals surface area contributed by atoms with E-state index in [-0.39, 0.29) is 6.54 Å². The third-order valence-electron chi connectivity index (χ3n) is 4.39. The molecule has 2 bridgehead atoms. The SMILES string of the molecule is O=C(O)C1OC2(c3ccccc3)CN(c3ccccc3Cl)C(=O)C1O2. The number of aliphatic carboxylic acids is 1. The maximum atomic E-state index is 12.8. The van der Waals surface area contributed by atoms with Crippen LogP contribution in [0.5, 0.6) is 0 Å². The lowest BCUT2D eigenvalue weighted by Gasteiger charge is -2.38. The predicted molar refractivity (Wildman–Crippen MR) is 89.3 cm³/mol. The number of amides is 1. The van der Waals surface area contributed by atoms with Crippen LogP contribution >= 0.6 is 11.6 Å². The number of fused-ring (bicyclic) bond motifs is 2. The normalized spacial score (nSPS) is 28.2. The van der Waals surface area contributed by atoms with Crippen molar-refractivity contribution in [1.29, 1.82) is 0 Å². The van der Waals surface area contributed by atoms with Crippen LogP contribution in [0.3, 0.4) is 0 Å². The minimum atomic E-state index is -1.37. The highest BCUT2D eigenvalue weighted by Gasteiger charge is 2.60. The summed E-state index contributed by atoms with van der Waals surface area (Å²) in [7, 11) is 0. The van der Waals surface area contributed by atoms with Gasteiger partial charge in [-0.1, -0.05) is 54.1 Å². The summed E-state index contributed by atoms with van der Waals surface area (Å²) >= 11 is 6.24. The Labute approximate surface area is 148 Å². The first kappa shape index (κ1) is 16.1. The summed E-state index contributed by atoms with van der Waals surface area (Å²) in [6.45, 7) is 0.0138. The molecular formula is C18H14ClNO5. The van der Waals surface area contributed by atoms with Gasteiger partial charge in [0.1, 0.15) is 0 Å². The molecule has 128 valence electrons. The third-order valence-corrected chi connectivity index (χ3v) is 4.71. The number of nitrogens with zero attached hydrogens (tertiary/aromatic N) is 1. The molecule has 25 heavy (non-hydrogen) atoms. The van der Waals surface area contributed by atoms with Crippen LogP contribution in [0.25, 0.3) is 0 Å². The van der Waals surface area contributed by atoms with Gasteiger partial charge in [0.25, 0.3) is 5.91 Å². The fraction of sp³-hybridized carbons (Fsp3) is 0.222. The number of morpholine rings is 1. The molecule has 7 heteroatoms. The monoisotopic (exact) mass is 359 g/mol. The van der Waals surface area contributed by atoms with Crippen molar-refractivity contribution in [2.75, 3.05) is 11.4 Å². The molecule has 0 radical (unpaired) electrons. The summed E-state index contributed by atoms with van der Waals surface area (Å²) in [4.78, 5) is 25.8. The Hall–Kier alpha value is -2.41. The predicted octanol–water partition coefficient (Wildman–Crippen LogP) is 2.41. The fourth-order valence-electron chi connectivity index (χ4n) is 3.23. The number of hydrogen-bond donors (Lipinski definition) is 1. The number of ether oxygens (including phenoxy) is 2. The van der Waals surface area contributed by atoms with Crippen LogP contribution in [0.4, 0.5) is 5.69 Å². The quantitative estimate of drug-likeness (QED) is 0.910. The molecule has 2 fully saturated rings. The minimum absolute atomic E-state index is 0.0138. The van der Waals surface area contributed by atoms with E-state index in [4.69, 9.17) is 21.1 Å². The van der Waals surface area contributed by atoms with Gasteiger partial charge in [-0.05, 0) is 12.1 Å². The molecule has 0 aromatic heterocycles. The van der Waals surface area contributed by atoms with Crippen molar-refractivity contribution in [1.82, 2.24) is 0 Å². The summed E-state index contributed by atoms with van der Waals surface area (Å²) in [5.74, 6) is -3.07. The molecule has 2 aromatic carbocycles. The topological polar surface area (TPSA) is 76.1 Å². The Morgan fingerprint density at radius 1 is 1.12 bits per heavy atom. The largest absolute Gasteiger partial charge is 0.479 e. The van der Waals surface area contributed by atoms with Gasteiger partial charge in [0.05, 0.1) is 17.3 Å². The third kappa shape index (κ3) is 2.50. The summed E-state index contributed by atoms with van der Waals surface area (Å²) in [5, 5.41) is 9.84. The fourth-order valence-corrected chi connectivity index (χ4v) is 3.47. The highest BCUT2D eigenvalue weighted by molar-refractivity contribution is 6.33. The second-order valence-corrected chi connectivity index (χ2v) is 6.32. The summed E-state index contributed by atoms with van der Waals surface area (Å²) in [6, 6.07) is 15.9. The van der Waals surface area contributed by atoms with Crippen molar-refractivity contribution in [3.63, 3.8) is 0 Å².